The van der Waals surface area contributed by atoms with Gasteiger partial charge in [-0.25, -0.2) is 0 Å². The minimum Gasteiger partial charge on any atom is -0.350 e. The summed E-state index contributed by atoms with van der Waals surface area (Å²) in [5, 5.41) is 3.09. The Morgan fingerprint density at radius 1 is 1.64 bits per heavy atom. The van der Waals surface area contributed by atoms with E-state index in [0.29, 0.717) is 12.5 Å². The molecule has 14 heavy (non-hydrogen) atoms. The third-order valence-corrected chi connectivity index (χ3v) is 3.15. The third-order valence-electron chi connectivity index (χ3n) is 3.15. The van der Waals surface area contributed by atoms with E-state index in [1.807, 2.05) is 6.92 Å². The first kappa shape index (κ1) is 11.3. The van der Waals surface area contributed by atoms with E-state index in [2.05, 4.69) is 25.2 Å². The Kier molecular flexibility index (Phi) is 4.18. The lowest BCUT2D eigenvalue weighted by atomic mass is 10.1. The molecule has 1 unspecified atom stereocenters. The lowest BCUT2D eigenvalue weighted by Gasteiger charge is -2.13. The van der Waals surface area contributed by atoms with Crippen molar-refractivity contribution in [1.29, 1.82) is 0 Å². The molecule has 0 aromatic rings. The first-order valence-electron chi connectivity index (χ1n) is 5.65. The number of carbonyl (C=O) groups excluding carboxylic acids is 1. The summed E-state index contributed by atoms with van der Waals surface area (Å²) in [5.74, 6) is 0.939. The molecule has 1 aliphatic carbocycles. The highest BCUT2D eigenvalue weighted by atomic mass is 16.1. The van der Waals surface area contributed by atoms with Crippen LogP contribution in [-0.2, 0) is 4.79 Å². The van der Waals surface area contributed by atoms with E-state index in [1.54, 1.807) is 0 Å². The molecule has 1 fully saturated rings. The number of hydrogen-bond donors (Lipinski definition) is 1. The summed E-state index contributed by atoms with van der Waals surface area (Å²) in [5.41, 5.74) is 1.42. The highest BCUT2D eigenvalue weighted by Gasteiger charge is 2.28. The van der Waals surface area contributed by atoms with Crippen molar-refractivity contribution in [2.75, 3.05) is 0 Å². The second-order valence-corrected chi connectivity index (χ2v) is 4.05. The van der Waals surface area contributed by atoms with Gasteiger partial charge in [-0.3, -0.25) is 4.79 Å². The van der Waals surface area contributed by atoms with Gasteiger partial charge in [0.25, 0.3) is 0 Å². The van der Waals surface area contributed by atoms with Gasteiger partial charge in [0, 0.05) is 7.85 Å². The van der Waals surface area contributed by atoms with Gasteiger partial charge in [-0.1, -0.05) is 31.9 Å². The SMILES string of the molecule is C/C=C1\CC(CC)C[C@@H]1NC(=O)CC.[HH]. The highest BCUT2D eigenvalue weighted by Crippen LogP contribution is 2.32. The van der Waals surface area contributed by atoms with Crippen molar-refractivity contribution in [3.05, 3.63) is 11.6 Å². The minimum absolute atomic E-state index is 0. The molecule has 1 amide bonds. The first-order valence-corrected chi connectivity index (χ1v) is 5.65. The molecule has 0 aliphatic heterocycles. The lowest BCUT2D eigenvalue weighted by molar-refractivity contribution is -0.121. The number of nitrogens with one attached hydrogen (secondary N) is 1. The van der Waals surface area contributed by atoms with Crippen LogP contribution in [0.3, 0.4) is 0 Å². The van der Waals surface area contributed by atoms with Crippen LogP contribution in [0.15, 0.2) is 11.6 Å². The van der Waals surface area contributed by atoms with Crippen LogP contribution in [-0.4, -0.2) is 11.9 Å². The van der Waals surface area contributed by atoms with Crippen molar-refractivity contribution in [3.63, 3.8) is 0 Å². The van der Waals surface area contributed by atoms with Gasteiger partial charge < -0.3 is 5.32 Å². The molecule has 2 nitrogen and oxygen atoms in total. The van der Waals surface area contributed by atoms with E-state index in [-0.39, 0.29) is 7.33 Å². The number of amides is 1. The number of rotatable bonds is 3. The normalized spacial score (nSPS) is 29.5. The molecular weight excluding hydrogens is 174 g/mol. The van der Waals surface area contributed by atoms with Crippen LogP contribution in [0.2, 0.25) is 0 Å². The summed E-state index contributed by atoms with van der Waals surface area (Å²) in [7, 11) is 0. The van der Waals surface area contributed by atoms with E-state index in [0.717, 1.165) is 12.3 Å². The quantitative estimate of drug-likeness (QED) is 0.692. The summed E-state index contributed by atoms with van der Waals surface area (Å²) in [6.07, 6.45) is 6.26. The first-order chi connectivity index (χ1) is 6.71. The van der Waals surface area contributed by atoms with E-state index >= 15 is 0 Å². The molecule has 0 heterocycles. The van der Waals surface area contributed by atoms with Crippen molar-refractivity contribution in [3.8, 4) is 0 Å². The van der Waals surface area contributed by atoms with Crippen LogP contribution in [0.4, 0.5) is 0 Å². The van der Waals surface area contributed by atoms with Gasteiger partial charge in [-0.05, 0) is 25.7 Å². The molecule has 2 heteroatoms. The molecule has 0 spiro atoms. The summed E-state index contributed by atoms with van der Waals surface area (Å²) in [4.78, 5) is 11.3. The maximum absolute atomic E-state index is 11.3. The van der Waals surface area contributed by atoms with E-state index in [9.17, 15) is 4.79 Å². The maximum Gasteiger partial charge on any atom is 0.220 e. The van der Waals surface area contributed by atoms with E-state index < -0.39 is 0 Å². The van der Waals surface area contributed by atoms with E-state index in [4.69, 9.17) is 0 Å². The zero-order valence-corrected chi connectivity index (χ0v) is 9.47. The van der Waals surface area contributed by atoms with Gasteiger partial charge in [0.05, 0.1) is 6.04 Å². The standard InChI is InChI=1S/C12H21NO.H2/c1-4-9-7-10(5-2)11(8-9)13-12(14)6-3;/h5,9,11H,4,6-8H2,1-3H3,(H,13,14);1H/b10-5+;/t9?,11-;/m0./s1. The smallest absolute Gasteiger partial charge is 0.220 e. The molecule has 2 atom stereocenters. The zero-order valence-electron chi connectivity index (χ0n) is 9.47. The average molecular weight is 197 g/mol. The van der Waals surface area contributed by atoms with Crippen molar-refractivity contribution in [2.45, 2.75) is 52.5 Å². The molecular formula is C12H23NO. The van der Waals surface area contributed by atoms with Crippen LogP contribution >= 0.6 is 0 Å². The van der Waals surface area contributed by atoms with Gasteiger partial charge in [0.2, 0.25) is 5.91 Å². The molecule has 1 aliphatic rings. The van der Waals surface area contributed by atoms with Crippen molar-refractivity contribution < 1.29 is 6.22 Å². The Balaban J connectivity index is 0.00000196. The molecule has 0 aromatic carbocycles. The fourth-order valence-corrected chi connectivity index (χ4v) is 2.12. The summed E-state index contributed by atoms with van der Waals surface area (Å²) < 4.78 is 0. The molecule has 0 aromatic heterocycles. The summed E-state index contributed by atoms with van der Waals surface area (Å²) >= 11 is 0. The number of carbonyl (C=O) groups is 1. The summed E-state index contributed by atoms with van der Waals surface area (Å²) in [6.45, 7) is 6.19. The predicted octanol–water partition coefficient (Wildman–Crippen LogP) is 2.89. The predicted molar refractivity (Wildman–Crippen MR) is 61.1 cm³/mol. The number of allylic oxidation sites excluding steroid dienone is 1. The van der Waals surface area contributed by atoms with Crippen molar-refractivity contribution in [2.24, 2.45) is 5.92 Å². The molecule has 0 bridgehead atoms. The minimum atomic E-state index is 0. The van der Waals surface area contributed by atoms with Gasteiger partial charge >= 0.3 is 0 Å². The second kappa shape index (κ2) is 5.18. The largest absolute Gasteiger partial charge is 0.350 e. The molecule has 0 radical (unpaired) electrons. The Morgan fingerprint density at radius 3 is 2.86 bits per heavy atom. The van der Waals surface area contributed by atoms with Crippen LogP contribution in [0.25, 0.3) is 0 Å². The Labute approximate surface area is 88.3 Å². The van der Waals surface area contributed by atoms with Gasteiger partial charge in [-0.2, -0.15) is 0 Å². The Hall–Kier alpha value is -0.790. The van der Waals surface area contributed by atoms with Gasteiger partial charge in [0.1, 0.15) is 0 Å². The number of hydrogen-bond acceptors (Lipinski definition) is 1. The van der Waals surface area contributed by atoms with Gasteiger partial charge in [0.15, 0.2) is 0 Å². The molecule has 82 valence electrons. The molecule has 1 rings (SSSR count). The molecule has 0 saturated heterocycles. The van der Waals surface area contributed by atoms with Crippen LogP contribution < -0.4 is 5.32 Å². The molecule has 1 saturated carbocycles. The lowest BCUT2D eigenvalue weighted by Crippen LogP contribution is -2.33. The zero-order chi connectivity index (χ0) is 10.6. The monoisotopic (exact) mass is 197 g/mol. The topological polar surface area (TPSA) is 29.1 Å². The fraction of sp³-hybridized carbons (Fsp3) is 0.750. The third kappa shape index (κ3) is 2.60. The maximum atomic E-state index is 11.3. The highest BCUT2D eigenvalue weighted by molar-refractivity contribution is 5.76. The Morgan fingerprint density at radius 2 is 2.36 bits per heavy atom. The Bertz CT molecular complexity index is 238. The second-order valence-electron chi connectivity index (χ2n) is 4.05. The average Bonchev–Trinajstić information content (AvgIpc) is 2.60. The van der Waals surface area contributed by atoms with Crippen LogP contribution in [0.5, 0.6) is 0 Å². The summed E-state index contributed by atoms with van der Waals surface area (Å²) in [6, 6.07) is 0.317. The fourth-order valence-electron chi connectivity index (χ4n) is 2.12. The van der Waals surface area contributed by atoms with Crippen LogP contribution in [0, 0.1) is 5.92 Å². The molecule has 1 N–H and O–H groups in total. The van der Waals surface area contributed by atoms with Crippen LogP contribution in [0.1, 0.15) is 47.9 Å². The van der Waals surface area contributed by atoms with Crippen molar-refractivity contribution in [1.82, 2.24) is 5.32 Å². The van der Waals surface area contributed by atoms with Crippen molar-refractivity contribution >= 4 is 5.91 Å². The van der Waals surface area contributed by atoms with E-state index in [1.165, 1.54) is 18.4 Å². The van der Waals surface area contributed by atoms with Gasteiger partial charge in [-0.15, -0.1) is 0 Å².